The number of amides is 1. The number of hydrogen-bond donors (Lipinski definition) is 1. The van der Waals surface area contributed by atoms with Crippen LogP contribution in [0.4, 0.5) is 5.69 Å². The van der Waals surface area contributed by atoms with Gasteiger partial charge in [-0.2, -0.15) is 0 Å². The molecule has 1 aliphatic rings. The molecule has 0 fully saturated rings. The van der Waals surface area contributed by atoms with Gasteiger partial charge in [0, 0.05) is 5.69 Å². The molecule has 0 saturated heterocycles. The molecule has 1 N–H and O–H groups in total. The Labute approximate surface area is 131 Å². The summed E-state index contributed by atoms with van der Waals surface area (Å²) in [5.41, 5.74) is 4.30. The van der Waals surface area contributed by atoms with Gasteiger partial charge in [-0.1, -0.05) is 42.8 Å². The van der Waals surface area contributed by atoms with Crippen molar-refractivity contribution in [2.24, 2.45) is 0 Å². The van der Waals surface area contributed by atoms with Gasteiger partial charge in [0.15, 0.2) is 0 Å². The minimum absolute atomic E-state index is 0.0749. The maximum atomic E-state index is 12.3. The number of ether oxygens (including phenoxy) is 1. The van der Waals surface area contributed by atoms with E-state index in [1.54, 1.807) is 0 Å². The van der Waals surface area contributed by atoms with Crippen LogP contribution < -0.4 is 10.1 Å². The lowest BCUT2D eigenvalue weighted by atomic mass is 9.92. The number of benzene rings is 2. The molecule has 2 aromatic rings. The molecule has 0 bridgehead atoms. The zero-order valence-electron chi connectivity index (χ0n) is 13.1. The lowest BCUT2D eigenvalue weighted by molar-refractivity contribution is -0.117. The van der Waals surface area contributed by atoms with E-state index >= 15 is 0 Å². The smallest absolute Gasteiger partial charge is 0.232 e. The van der Waals surface area contributed by atoms with E-state index in [2.05, 4.69) is 25.2 Å². The third kappa shape index (κ3) is 2.84. The quantitative estimate of drug-likeness (QED) is 0.903. The van der Waals surface area contributed by atoms with Crippen LogP contribution in [0.5, 0.6) is 5.75 Å². The minimum Gasteiger partial charge on any atom is -0.493 e. The molecule has 0 aromatic heterocycles. The van der Waals surface area contributed by atoms with Crippen LogP contribution in [0.1, 0.15) is 36.0 Å². The Hall–Kier alpha value is -2.29. The summed E-state index contributed by atoms with van der Waals surface area (Å²) >= 11 is 0. The molecule has 0 radical (unpaired) electrons. The van der Waals surface area contributed by atoms with Gasteiger partial charge in [0.25, 0.3) is 0 Å². The summed E-state index contributed by atoms with van der Waals surface area (Å²) < 4.78 is 5.81. The van der Waals surface area contributed by atoms with Crippen LogP contribution in [0.25, 0.3) is 0 Å². The highest BCUT2D eigenvalue weighted by atomic mass is 16.5. The van der Waals surface area contributed by atoms with Gasteiger partial charge in [-0.25, -0.2) is 0 Å². The van der Waals surface area contributed by atoms with Crippen LogP contribution in [0.3, 0.4) is 0 Å². The number of aryl methyl sites for hydroxylation is 1. The number of anilines is 1. The number of hydrogen-bond acceptors (Lipinski definition) is 2. The van der Waals surface area contributed by atoms with Crippen molar-refractivity contribution in [2.75, 3.05) is 11.9 Å². The van der Waals surface area contributed by atoms with Gasteiger partial charge in [-0.05, 0) is 43.0 Å². The van der Waals surface area contributed by atoms with Crippen molar-refractivity contribution in [1.29, 1.82) is 0 Å². The standard InChI is InChI=1S/C19H21NO2/c1-3-10-22-18-7-5-4-6-14(18)12-16-15-11-13(2)8-9-17(15)20-19(16)21/h4-9,11,16H,3,10,12H2,1-2H3,(H,20,21). The van der Waals surface area contributed by atoms with Crippen LogP contribution in [0.2, 0.25) is 0 Å². The van der Waals surface area contributed by atoms with Crippen molar-refractivity contribution in [3.05, 3.63) is 59.2 Å². The normalized spacial score (nSPS) is 16.3. The molecule has 1 atom stereocenters. The summed E-state index contributed by atoms with van der Waals surface area (Å²) in [6, 6.07) is 14.1. The second-order valence-electron chi connectivity index (χ2n) is 5.79. The Bertz CT molecular complexity index is 694. The first-order valence-corrected chi connectivity index (χ1v) is 7.81. The largest absolute Gasteiger partial charge is 0.493 e. The second kappa shape index (κ2) is 6.22. The van der Waals surface area contributed by atoms with Crippen LogP contribution in [0, 0.1) is 6.92 Å². The van der Waals surface area contributed by atoms with E-state index in [9.17, 15) is 4.79 Å². The maximum absolute atomic E-state index is 12.3. The number of carbonyl (C=O) groups excluding carboxylic acids is 1. The van der Waals surface area contributed by atoms with Crippen LogP contribution in [0.15, 0.2) is 42.5 Å². The van der Waals surface area contributed by atoms with Gasteiger partial charge in [0.05, 0.1) is 12.5 Å². The zero-order chi connectivity index (χ0) is 15.5. The topological polar surface area (TPSA) is 38.3 Å². The molecule has 2 aromatic carbocycles. The number of rotatable bonds is 5. The number of fused-ring (bicyclic) bond motifs is 1. The predicted octanol–water partition coefficient (Wildman–Crippen LogP) is 4.06. The van der Waals surface area contributed by atoms with Crippen molar-refractivity contribution < 1.29 is 9.53 Å². The van der Waals surface area contributed by atoms with Crippen molar-refractivity contribution in [3.63, 3.8) is 0 Å². The van der Waals surface area contributed by atoms with E-state index < -0.39 is 0 Å². The monoisotopic (exact) mass is 295 g/mol. The van der Waals surface area contributed by atoms with Gasteiger partial charge in [-0.3, -0.25) is 4.79 Å². The third-order valence-corrected chi connectivity index (χ3v) is 4.02. The van der Waals surface area contributed by atoms with Crippen molar-refractivity contribution >= 4 is 11.6 Å². The number of carbonyl (C=O) groups is 1. The molecule has 1 amide bonds. The van der Waals surface area contributed by atoms with Crippen molar-refractivity contribution in [3.8, 4) is 5.75 Å². The lowest BCUT2D eigenvalue weighted by Crippen LogP contribution is -2.15. The minimum atomic E-state index is -0.138. The van der Waals surface area contributed by atoms with Gasteiger partial charge < -0.3 is 10.1 Å². The van der Waals surface area contributed by atoms with Crippen molar-refractivity contribution in [1.82, 2.24) is 0 Å². The molecule has 3 nitrogen and oxygen atoms in total. The molecule has 1 heterocycles. The third-order valence-electron chi connectivity index (χ3n) is 4.02. The highest BCUT2D eigenvalue weighted by molar-refractivity contribution is 6.03. The average Bonchev–Trinajstić information content (AvgIpc) is 2.82. The summed E-state index contributed by atoms with van der Waals surface area (Å²) in [5, 5.41) is 2.98. The fraction of sp³-hybridized carbons (Fsp3) is 0.316. The Morgan fingerprint density at radius 2 is 2.00 bits per heavy atom. The van der Waals surface area contributed by atoms with E-state index in [-0.39, 0.29) is 11.8 Å². The molecule has 1 aliphatic heterocycles. The Morgan fingerprint density at radius 1 is 1.18 bits per heavy atom. The number of para-hydroxylation sites is 1. The summed E-state index contributed by atoms with van der Waals surface area (Å²) in [7, 11) is 0. The Kier molecular flexibility index (Phi) is 4.14. The summed E-state index contributed by atoms with van der Waals surface area (Å²) in [6.45, 7) is 4.84. The molecule has 1 unspecified atom stereocenters. The predicted molar refractivity (Wildman–Crippen MR) is 88.5 cm³/mol. The number of nitrogens with one attached hydrogen (secondary N) is 1. The first-order chi connectivity index (χ1) is 10.7. The molecule has 0 aliphatic carbocycles. The highest BCUT2D eigenvalue weighted by Gasteiger charge is 2.31. The fourth-order valence-electron chi connectivity index (χ4n) is 2.89. The second-order valence-corrected chi connectivity index (χ2v) is 5.79. The van der Waals surface area contributed by atoms with Crippen molar-refractivity contribution in [2.45, 2.75) is 32.6 Å². The van der Waals surface area contributed by atoms with Crippen LogP contribution >= 0.6 is 0 Å². The summed E-state index contributed by atoms with van der Waals surface area (Å²) in [6.07, 6.45) is 1.64. The van der Waals surface area contributed by atoms with E-state index in [1.807, 2.05) is 36.4 Å². The molecular formula is C19H21NO2. The van der Waals surface area contributed by atoms with E-state index in [0.717, 1.165) is 29.0 Å². The van der Waals surface area contributed by atoms with Crippen LogP contribution in [-0.2, 0) is 11.2 Å². The van der Waals surface area contributed by atoms with Gasteiger partial charge in [0.1, 0.15) is 5.75 Å². The first-order valence-electron chi connectivity index (χ1n) is 7.81. The van der Waals surface area contributed by atoms with E-state index in [0.29, 0.717) is 13.0 Å². The molecule has 22 heavy (non-hydrogen) atoms. The Morgan fingerprint density at radius 3 is 2.82 bits per heavy atom. The summed E-state index contributed by atoms with van der Waals surface area (Å²) in [5.74, 6) is 0.824. The maximum Gasteiger partial charge on any atom is 0.232 e. The molecule has 3 heteroatoms. The molecule has 3 rings (SSSR count). The Balaban J connectivity index is 1.88. The zero-order valence-corrected chi connectivity index (χ0v) is 13.1. The van der Waals surface area contributed by atoms with Gasteiger partial charge in [0.2, 0.25) is 5.91 Å². The molecule has 0 spiro atoms. The van der Waals surface area contributed by atoms with E-state index in [1.165, 1.54) is 5.56 Å². The lowest BCUT2D eigenvalue weighted by Gasteiger charge is -2.14. The first kappa shape index (κ1) is 14.6. The summed E-state index contributed by atoms with van der Waals surface area (Å²) in [4.78, 5) is 12.3. The SMILES string of the molecule is CCCOc1ccccc1CC1C(=O)Nc2ccc(C)cc21. The highest BCUT2D eigenvalue weighted by Crippen LogP contribution is 2.36. The average molecular weight is 295 g/mol. The van der Waals surface area contributed by atoms with E-state index in [4.69, 9.17) is 4.74 Å². The van der Waals surface area contributed by atoms with Gasteiger partial charge in [-0.15, -0.1) is 0 Å². The van der Waals surface area contributed by atoms with Crippen LogP contribution in [-0.4, -0.2) is 12.5 Å². The molecule has 114 valence electrons. The van der Waals surface area contributed by atoms with Gasteiger partial charge >= 0.3 is 0 Å². The molecule has 0 saturated carbocycles. The molecular weight excluding hydrogens is 274 g/mol. The fourth-order valence-corrected chi connectivity index (χ4v) is 2.89.